The molecular formula is C31H39N3O2. The van der Waals surface area contributed by atoms with Gasteiger partial charge in [-0.1, -0.05) is 87.2 Å². The summed E-state index contributed by atoms with van der Waals surface area (Å²) in [6.45, 7) is 7.07. The summed E-state index contributed by atoms with van der Waals surface area (Å²) in [7, 11) is 0. The predicted octanol–water partition coefficient (Wildman–Crippen LogP) is 6.93. The van der Waals surface area contributed by atoms with Gasteiger partial charge in [0.05, 0.1) is 6.10 Å². The summed E-state index contributed by atoms with van der Waals surface area (Å²) in [6, 6.07) is 24.2. The van der Waals surface area contributed by atoms with Gasteiger partial charge < -0.3 is 21.1 Å². The Bertz CT molecular complexity index is 1100. The molecule has 0 heterocycles. The van der Waals surface area contributed by atoms with E-state index in [4.69, 9.17) is 10.5 Å². The fourth-order valence-corrected chi connectivity index (χ4v) is 3.93. The third-order valence-electron chi connectivity index (χ3n) is 6.07. The number of unbranched alkanes of at least 4 members (excludes halogenated alkanes) is 1. The second-order valence-corrected chi connectivity index (χ2v) is 9.19. The zero-order valence-corrected chi connectivity index (χ0v) is 21.7. The Hall–Kier alpha value is -3.73. The third kappa shape index (κ3) is 8.49. The third-order valence-corrected chi connectivity index (χ3v) is 6.07. The fraction of sp³-hybridized carbons (Fsp3) is 0.323. The first-order chi connectivity index (χ1) is 17.5. The van der Waals surface area contributed by atoms with Crippen LogP contribution in [-0.2, 0) is 11.3 Å². The van der Waals surface area contributed by atoms with Crippen LogP contribution in [0.15, 0.2) is 84.7 Å². The summed E-state index contributed by atoms with van der Waals surface area (Å²) in [5, 5.41) is 5.94. The van der Waals surface area contributed by atoms with Crippen molar-refractivity contribution < 1.29 is 9.53 Å². The van der Waals surface area contributed by atoms with Crippen molar-refractivity contribution in [3.05, 3.63) is 95.8 Å². The summed E-state index contributed by atoms with van der Waals surface area (Å²) < 4.78 is 6.22. The SMILES string of the molecule is CCCCC(CCC)Oc1ccc(-c2ccc(NC(=O)/C(N)=C/NCc3ccc(C)cc3)cc2)cc1. The van der Waals surface area contributed by atoms with Crippen molar-refractivity contribution in [1.82, 2.24) is 5.32 Å². The summed E-state index contributed by atoms with van der Waals surface area (Å²) in [4.78, 5) is 12.4. The zero-order chi connectivity index (χ0) is 25.8. The van der Waals surface area contributed by atoms with Gasteiger partial charge in [-0.15, -0.1) is 0 Å². The normalized spacial score (nSPS) is 12.1. The highest BCUT2D eigenvalue weighted by molar-refractivity contribution is 6.03. The number of hydrogen-bond acceptors (Lipinski definition) is 4. The van der Waals surface area contributed by atoms with Crippen LogP contribution >= 0.6 is 0 Å². The molecule has 1 atom stereocenters. The molecule has 0 aromatic heterocycles. The van der Waals surface area contributed by atoms with Gasteiger partial charge in [-0.25, -0.2) is 0 Å². The maximum absolute atomic E-state index is 12.4. The summed E-state index contributed by atoms with van der Waals surface area (Å²) >= 11 is 0. The van der Waals surface area contributed by atoms with Gasteiger partial charge in [-0.3, -0.25) is 4.79 Å². The topological polar surface area (TPSA) is 76.4 Å². The van der Waals surface area contributed by atoms with Gasteiger partial charge in [0.2, 0.25) is 0 Å². The minimum absolute atomic E-state index is 0.127. The molecule has 190 valence electrons. The quantitative estimate of drug-likeness (QED) is 0.230. The standard InChI is InChI=1S/C31H39N3O2/c1-4-6-8-28(7-5-2)36-29-19-15-26(16-20-29)25-13-17-27(18-14-25)34-31(35)30(32)22-33-21-24-11-9-23(3)10-12-24/h9-20,22,28,33H,4-8,21,32H2,1-3H3,(H,34,35)/b30-22-. The molecule has 0 bridgehead atoms. The summed E-state index contributed by atoms with van der Waals surface area (Å²) in [5.74, 6) is 0.570. The molecule has 0 saturated carbocycles. The Balaban J connectivity index is 1.52. The highest BCUT2D eigenvalue weighted by Crippen LogP contribution is 2.25. The van der Waals surface area contributed by atoms with Crippen molar-refractivity contribution in [3.63, 3.8) is 0 Å². The number of carbonyl (C=O) groups excluding carboxylic acids is 1. The van der Waals surface area contributed by atoms with Crippen LogP contribution in [0.2, 0.25) is 0 Å². The number of anilines is 1. The number of amides is 1. The number of hydrogen-bond donors (Lipinski definition) is 3. The molecule has 3 aromatic rings. The van der Waals surface area contributed by atoms with E-state index in [1.165, 1.54) is 18.4 Å². The molecule has 1 amide bonds. The Morgan fingerprint density at radius 1 is 0.889 bits per heavy atom. The number of nitrogens with one attached hydrogen (secondary N) is 2. The molecule has 5 heteroatoms. The molecule has 0 aliphatic heterocycles. The highest BCUT2D eigenvalue weighted by atomic mass is 16.5. The van der Waals surface area contributed by atoms with Crippen LogP contribution in [0, 0.1) is 6.92 Å². The van der Waals surface area contributed by atoms with Crippen LogP contribution in [-0.4, -0.2) is 12.0 Å². The molecule has 0 spiro atoms. The molecule has 5 nitrogen and oxygen atoms in total. The molecule has 0 radical (unpaired) electrons. The number of rotatable bonds is 13. The van der Waals surface area contributed by atoms with Gasteiger partial charge in [0.15, 0.2) is 0 Å². The molecule has 0 fully saturated rings. The van der Waals surface area contributed by atoms with E-state index >= 15 is 0 Å². The van der Waals surface area contributed by atoms with Crippen LogP contribution in [0.1, 0.15) is 57.1 Å². The van der Waals surface area contributed by atoms with E-state index in [1.54, 1.807) is 6.20 Å². The molecule has 4 N–H and O–H groups in total. The lowest BCUT2D eigenvalue weighted by molar-refractivity contribution is -0.112. The zero-order valence-electron chi connectivity index (χ0n) is 21.7. The van der Waals surface area contributed by atoms with Crippen LogP contribution in [0.5, 0.6) is 5.75 Å². The number of aryl methyl sites for hydroxylation is 1. The number of carbonyl (C=O) groups is 1. The monoisotopic (exact) mass is 485 g/mol. The number of benzene rings is 3. The second kappa shape index (κ2) is 14.0. The first-order valence-corrected chi connectivity index (χ1v) is 12.9. The van der Waals surface area contributed by atoms with E-state index in [0.717, 1.165) is 41.7 Å². The van der Waals surface area contributed by atoms with E-state index in [-0.39, 0.29) is 17.7 Å². The van der Waals surface area contributed by atoms with Crippen molar-refractivity contribution in [2.75, 3.05) is 5.32 Å². The van der Waals surface area contributed by atoms with Gasteiger partial charge in [-0.2, -0.15) is 0 Å². The molecular weight excluding hydrogens is 446 g/mol. The fourth-order valence-electron chi connectivity index (χ4n) is 3.93. The molecule has 3 aromatic carbocycles. The Labute approximate surface area is 215 Å². The summed E-state index contributed by atoms with van der Waals surface area (Å²) in [5.41, 5.74) is 11.3. The molecule has 0 aliphatic rings. The molecule has 36 heavy (non-hydrogen) atoms. The first-order valence-electron chi connectivity index (χ1n) is 12.9. The van der Waals surface area contributed by atoms with Crippen LogP contribution in [0.25, 0.3) is 11.1 Å². The van der Waals surface area contributed by atoms with E-state index < -0.39 is 0 Å². The van der Waals surface area contributed by atoms with Gasteiger partial charge in [0.1, 0.15) is 11.4 Å². The minimum atomic E-state index is -0.342. The first kappa shape index (κ1) is 26.9. The number of ether oxygens (including phenoxy) is 1. The number of nitrogens with two attached hydrogens (primary N) is 1. The summed E-state index contributed by atoms with van der Waals surface area (Å²) in [6.07, 6.45) is 7.51. The molecule has 1 unspecified atom stereocenters. The lowest BCUT2D eigenvalue weighted by Crippen LogP contribution is -2.22. The van der Waals surface area contributed by atoms with Crippen LogP contribution in [0.4, 0.5) is 5.69 Å². The van der Waals surface area contributed by atoms with Crippen molar-refractivity contribution in [3.8, 4) is 16.9 Å². The highest BCUT2D eigenvalue weighted by Gasteiger charge is 2.10. The molecule has 0 aliphatic carbocycles. The maximum atomic E-state index is 12.4. The minimum Gasteiger partial charge on any atom is -0.490 e. The average molecular weight is 486 g/mol. The van der Waals surface area contributed by atoms with Crippen LogP contribution < -0.4 is 21.1 Å². The van der Waals surface area contributed by atoms with Gasteiger partial charge in [-0.05, 0) is 60.7 Å². The van der Waals surface area contributed by atoms with E-state index in [2.05, 4.69) is 55.7 Å². The van der Waals surface area contributed by atoms with Crippen molar-refractivity contribution in [2.24, 2.45) is 5.73 Å². The second-order valence-electron chi connectivity index (χ2n) is 9.19. The van der Waals surface area contributed by atoms with E-state index in [9.17, 15) is 4.79 Å². The van der Waals surface area contributed by atoms with Crippen molar-refractivity contribution in [1.29, 1.82) is 0 Å². The van der Waals surface area contributed by atoms with E-state index in [0.29, 0.717) is 12.2 Å². The molecule has 0 saturated heterocycles. The van der Waals surface area contributed by atoms with Gasteiger partial charge in [0, 0.05) is 18.4 Å². The smallest absolute Gasteiger partial charge is 0.273 e. The largest absolute Gasteiger partial charge is 0.490 e. The predicted molar refractivity (Wildman–Crippen MR) is 150 cm³/mol. The Kier molecular flexibility index (Phi) is 10.4. The van der Waals surface area contributed by atoms with Crippen molar-refractivity contribution >= 4 is 11.6 Å². The molecule has 3 rings (SSSR count). The maximum Gasteiger partial charge on any atom is 0.273 e. The average Bonchev–Trinajstić information content (AvgIpc) is 2.89. The lowest BCUT2D eigenvalue weighted by atomic mass is 10.0. The lowest BCUT2D eigenvalue weighted by Gasteiger charge is -2.18. The Morgan fingerprint density at radius 2 is 1.53 bits per heavy atom. The van der Waals surface area contributed by atoms with E-state index in [1.807, 2.05) is 48.5 Å². The van der Waals surface area contributed by atoms with Crippen LogP contribution in [0.3, 0.4) is 0 Å². The Morgan fingerprint density at radius 3 is 2.14 bits per heavy atom. The van der Waals surface area contributed by atoms with Crippen molar-refractivity contribution in [2.45, 2.75) is 65.5 Å². The van der Waals surface area contributed by atoms with Gasteiger partial charge in [0.25, 0.3) is 5.91 Å². The van der Waals surface area contributed by atoms with Gasteiger partial charge >= 0.3 is 0 Å².